The summed E-state index contributed by atoms with van der Waals surface area (Å²) in [6, 6.07) is 2.01. The lowest BCUT2D eigenvalue weighted by Gasteiger charge is -2.08. The van der Waals surface area contributed by atoms with Gasteiger partial charge in [-0.25, -0.2) is 4.98 Å². The van der Waals surface area contributed by atoms with Gasteiger partial charge in [-0.15, -0.1) is 0 Å². The highest BCUT2D eigenvalue weighted by Gasteiger charge is 2.05. The Hall–Kier alpha value is -0.570. The molecule has 0 spiro atoms. The Morgan fingerprint density at radius 3 is 2.67 bits per heavy atom. The predicted octanol–water partition coefficient (Wildman–Crippen LogP) is 2.86. The van der Waals surface area contributed by atoms with E-state index in [1.54, 1.807) is 0 Å². The summed E-state index contributed by atoms with van der Waals surface area (Å²) in [5.41, 5.74) is 2.12. The maximum atomic E-state index is 5.41. The molecule has 0 bridgehead atoms. The molecule has 0 aliphatic rings. The monoisotopic (exact) mass is 229 g/mol. The summed E-state index contributed by atoms with van der Waals surface area (Å²) < 4.78 is 6.21. The van der Waals surface area contributed by atoms with Crippen LogP contribution in [-0.4, -0.2) is 11.6 Å². The lowest BCUT2D eigenvalue weighted by Crippen LogP contribution is -1.97. The van der Waals surface area contributed by atoms with E-state index in [1.165, 1.54) is 0 Å². The molecule has 0 aliphatic carbocycles. The highest BCUT2D eigenvalue weighted by Crippen LogP contribution is 2.27. The van der Waals surface area contributed by atoms with Crippen LogP contribution in [0, 0.1) is 13.8 Å². The Morgan fingerprint density at radius 2 is 2.17 bits per heavy atom. The molecular formula is C9H12BrNO. The molecule has 0 aromatic carbocycles. The summed E-state index contributed by atoms with van der Waals surface area (Å²) in [7, 11) is 0. The number of ether oxygens (including phenoxy) is 1. The summed E-state index contributed by atoms with van der Waals surface area (Å²) >= 11 is 3.36. The van der Waals surface area contributed by atoms with Crippen LogP contribution in [0.5, 0.6) is 5.75 Å². The van der Waals surface area contributed by atoms with Crippen molar-refractivity contribution in [3.05, 3.63) is 21.9 Å². The van der Waals surface area contributed by atoms with Gasteiger partial charge in [-0.05, 0) is 48.3 Å². The maximum Gasteiger partial charge on any atom is 0.154 e. The van der Waals surface area contributed by atoms with Gasteiger partial charge in [0.1, 0.15) is 4.60 Å². The molecule has 0 saturated carbocycles. The first-order valence-electron chi connectivity index (χ1n) is 3.91. The van der Waals surface area contributed by atoms with Crippen LogP contribution < -0.4 is 4.74 Å². The molecule has 2 nitrogen and oxygen atoms in total. The third-order valence-corrected chi connectivity index (χ3v) is 2.07. The number of hydrogen-bond donors (Lipinski definition) is 0. The van der Waals surface area contributed by atoms with E-state index in [1.807, 2.05) is 26.8 Å². The van der Waals surface area contributed by atoms with Crippen LogP contribution in [0.15, 0.2) is 10.7 Å². The van der Waals surface area contributed by atoms with E-state index in [9.17, 15) is 0 Å². The molecule has 1 aromatic rings. The Balaban J connectivity index is 3.10. The second-order valence-corrected chi connectivity index (χ2v) is 3.38. The van der Waals surface area contributed by atoms with Gasteiger partial charge >= 0.3 is 0 Å². The van der Waals surface area contributed by atoms with E-state index >= 15 is 0 Å². The summed E-state index contributed by atoms with van der Waals surface area (Å²) in [5, 5.41) is 0. The second-order valence-electron chi connectivity index (χ2n) is 2.63. The third-order valence-electron chi connectivity index (χ3n) is 1.53. The van der Waals surface area contributed by atoms with E-state index in [4.69, 9.17) is 4.74 Å². The number of halogens is 1. The van der Waals surface area contributed by atoms with Gasteiger partial charge in [-0.1, -0.05) is 0 Å². The topological polar surface area (TPSA) is 22.1 Å². The van der Waals surface area contributed by atoms with Crippen LogP contribution in [0.4, 0.5) is 0 Å². The van der Waals surface area contributed by atoms with Crippen molar-refractivity contribution in [2.75, 3.05) is 6.61 Å². The number of rotatable bonds is 2. The molecule has 0 saturated heterocycles. The van der Waals surface area contributed by atoms with Crippen LogP contribution in [0.2, 0.25) is 0 Å². The van der Waals surface area contributed by atoms with Crippen molar-refractivity contribution in [3.63, 3.8) is 0 Å². The fraction of sp³-hybridized carbons (Fsp3) is 0.444. The van der Waals surface area contributed by atoms with Gasteiger partial charge < -0.3 is 4.74 Å². The molecule has 1 heterocycles. The zero-order valence-electron chi connectivity index (χ0n) is 7.52. The fourth-order valence-corrected chi connectivity index (χ4v) is 1.80. The number of hydrogen-bond acceptors (Lipinski definition) is 2. The Kier molecular flexibility index (Phi) is 3.09. The van der Waals surface area contributed by atoms with E-state index in [0.29, 0.717) is 6.61 Å². The van der Waals surface area contributed by atoms with Crippen LogP contribution in [0.1, 0.15) is 18.2 Å². The van der Waals surface area contributed by atoms with Crippen LogP contribution in [-0.2, 0) is 0 Å². The van der Waals surface area contributed by atoms with E-state index in [-0.39, 0.29) is 0 Å². The minimum Gasteiger partial charge on any atom is -0.491 e. The molecule has 0 amide bonds. The Labute approximate surface area is 81.1 Å². The molecule has 3 heteroatoms. The quantitative estimate of drug-likeness (QED) is 0.729. The van der Waals surface area contributed by atoms with Gasteiger partial charge in [0.05, 0.1) is 6.61 Å². The Morgan fingerprint density at radius 1 is 1.50 bits per heavy atom. The van der Waals surface area contributed by atoms with E-state index in [2.05, 4.69) is 20.9 Å². The Bertz CT molecular complexity index is 263. The zero-order valence-corrected chi connectivity index (χ0v) is 9.10. The standard InChI is InChI=1S/C9H12BrNO/c1-4-12-8-6(2)5-7(3)11-9(8)10/h5H,4H2,1-3H3. The van der Waals surface area contributed by atoms with Gasteiger partial charge in [0.15, 0.2) is 5.75 Å². The highest BCUT2D eigenvalue weighted by atomic mass is 79.9. The first kappa shape index (κ1) is 9.52. The molecular weight excluding hydrogens is 218 g/mol. The van der Waals surface area contributed by atoms with Gasteiger partial charge in [0, 0.05) is 5.69 Å². The summed E-state index contributed by atoms with van der Waals surface area (Å²) in [5.74, 6) is 0.850. The second kappa shape index (κ2) is 3.90. The van der Waals surface area contributed by atoms with Crippen LogP contribution >= 0.6 is 15.9 Å². The molecule has 0 unspecified atom stereocenters. The summed E-state index contributed by atoms with van der Waals surface area (Å²) in [4.78, 5) is 4.24. The molecule has 0 fully saturated rings. The molecule has 66 valence electrons. The molecule has 12 heavy (non-hydrogen) atoms. The lowest BCUT2D eigenvalue weighted by atomic mass is 10.2. The summed E-state index contributed by atoms with van der Waals surface area (Å²) in [6.07, 6.45) is 0. The minimum atomic E-state index is 0.671. The molecule has 0 atom stereocenters. The van der Waals surface area contributed by atoms with Gasteiger partial charge in [-0.2, -0.15) is 0 Å². The van der Waals surface area contributed by atoms with Crippen molar-refractivity contribution in [1.82, 2.24) is 4.98 Å². The zero-order chi connectivity index (χ0) is 9.14. The normalized spacial score (nSPS) is 10.0. The average molecular weight is 230 g/mol. The number of nitrogens with zero attached hydrogens (tertiary/aromatic N) is 1. The van der Waals surface area contributed by atoms with Crippen LogP contribution in [0.25, 0.3) is 0 Å². The van der Waals surface area contributed by atoms with Crippen molar-refractivity contribution in [1.29, 1.82) is 0 Å². The van der Waals surface area contributed by atoms with E-state index < -0.39 is 0 Å². The van der Waals surface area contributed by atoms with Gasteiger partial charge in [0.25, 0.3) is 0 Å². The summed E-state index contributed by atoms with van der Waals surface area (Å²) in [6.45, 7) is 6.62. The molecule has 0 radical (unpaired) electrons. The van der Waals surface area contributed by atoms with Gasteiger partial charge in [-0.3, -0.25) is 0 Å². The van der Waals surface area contributed by atoms with Crippen molar-refractivity contribution in [3.8, 4) is 5.75 Å². The van der Waals surface area contributed by atoms with Gasteiger partial charge in [0.2, 0.25) is 0 Å². The first-order chi connectivity index (χ1) is 5.65. The molecule has 1 rings (SSSR count). The SMILES string of the molecule is CCOc1c(C)cc(C)nc1Br. The fourth-order valence-electron chi connectivity index (χ4n) is 1.10. The highest BCUT2D eigenvalue weighted by molar-refractivity contribution is 9.10. The van der Waals surface area contributed by atoms with Crippen molar-refractivity contribution >= 4 is 15.9 Å². The largest absolute Gasteiger partial charge is 0.491 e. The lowest BCUT2D eigenvalue weighted by molar-refractivity contribution is 0.334. The van der Waals surface area contributed by atoms with Crippen LogP contribution in [0.3, 0.4) is 0 Å². The van der Waals surface area contributed by atoms with E-state index in [0.717, 1.165) is 21.6 Å². The number of aryl methyl sites for hydroxylation is 2. The smallest absolute Gasteiger partial charge is 0.154 e. The molecule has 0 aliphatic heterocycles. The molecule has 0 N–H and O–H groups in total. The minimum absolute atomic E-state index is 0.671. The van der Waals surface area contributed by atoms with Crippen molar-refractivity contribution < 1.29 is 4.74 Å². The first-order valence-corrected chi connectivity index (χ1v) is 4.71. The van der Waals surface area contributed by atoms with Crippen molar-refractivity contribution in [2.24, 2.45) is 0 Å². The predicted molar refractivity (Wildman–Crippen MR) is 52.6 cm³/mol. The number of aromatic nitrogens is 1. The van der Waals surface area contributed by atoms with Crippen molar-refractivity contribution in [2.45, 2.75) is 20.8 Å². The number of pyridine rings is 1. The third kappa shape index (κ3) is 1.97. The molecule has 1 aromatic heterocycles. The maximum absolute atomic E-state index is 5.41. The average Bonchev–Trinajstić information content (AvgIpc) is 1.96.